The highest BCUT2D eigenvalue weighted by atomic mass is 15.2. The highest BCUT2D eigenvalue weighted by molar-refractivity contribution is 6.24. The quantitative estimate of drug-likeness (QED) is 0.168. The first-order valence-electron chi connectivity index (χ1n) is 21.3. The van der Waals surface area contributed by atoms with E-state index in [1.165, 1.54) is 21.7 Å². The summed E-state index contributed by atoms with van der Waals surface area (Å²) in [4.78, 5) is 15.9. The Morgan fingerprint density at radius 3 is 1.40 bits per heavy atom. The van der Waals surface area contributed by atoms with Crippen LogP contribution in [0.4, 0.5) is 0 Å². The minimum absolute atomic E-state index is 0.556. The SMILES string of the molecule is c1ccc(-c2cccc(-c3nc(-c4ccccc4)nc(-n4c5ccccc5c5ccc6c7ccccc7n(-c7ccc8c(c7)c7ccccc7n8-c7ccccc7)c6c54)n3)c2)cc1. The van der Waals surface area contributed by atoms with Crippen LogP contribution >= 0.6 is 0 Å². The predicted molar refractivity (Wildman–Crippen MR) is 259 cm³/mol. The lowest BCUT2D eigenvalue weighted by molar-refractivity contribution is 0.953. The van der Waals surface area contributed by atoms with E-state index < -0.39 is 0 Å². The molecule has 0 spiro atoms. The maximum Gasteiger partial charge on any atom is 0.238 e. The molecule has 0 aliphatic heterocycles. The molecule has 0 atom stereocenters. The van der Waals surface area contributed by atoms with E-state index in [9.17, 15) is 0 Å². The van der Waals surface area contributed by atoms with Crippen molar-refractivity contribution in [3.8, 4) is 51.2 Å². The van der Waals surface area contributed by atoms with Gasteiger partial charge in [-0.05, 0) is 65.7 Å². The molecule has 0 amide bonds. The number of fused-ring (bicyclic) bond motifs is 10. The lowest BCUT2D eigenvalue weighted by Crippen LogP contribution is -2.07. The van der Waals surface area contributed by atoms with Gasteiger partial charge >= 0.3 is 0 Å². The van der Waals surface area contributed by atoms with Crippen molar-refractivity contribution in [2.45, 2.75) is 0 Å². The second kappa shape index (κ2) is 14.0. The molecule has 0 unspecified atom stereocenters. The van der Waals surface area contributed by atoms with Crippen molar-refractivity contribution in [3.63, 3.8) is 0 Å². The molecule has 9 aromatic carbocycles. The Bertz CT molecular complexity index is 3900. The van der Waals surface area contributed by atoms with Crippen LogP contribution in [0, 0.1) is 0 Å². The number of nitrogens with zero attached hydrogens (tertiary/aromatic N) is 6. The van der Waals surface area contributed by atoms with Crippen LogP contribution in [0.1, 0.15) is 0 Å². The fourth-order valence-electron chi connectivity index (χ4n) is 9.71. The zero-order valence-corrected chi connectivity index (χ0v) is 34.0. The summed E-state index contributed by atoms with van der Waals surface area (Å²) in [5, 5.41) is 6.98. The summed E-state index contributed by atoms with van der Waals surface area (Å²) in [7, 11) is 0. The van der Waals surface area contributed by atoms with Crippen LogP contribution in [-0.2, 0) is 0 Å². The molecule has 0 saturated carbocycles. The van der Waals surface area contributed by atoms with Gasteiger partial charge < -0.3 is 9.13 Å². The zero-order valence-electron chi connectivity index (χ0n) is 34.0. The van der Waals surface area contributed by atoms with E-state index in [0.29, 0.717) is 17.6 Å². The Morgan fingerprint density at radius 1 is 0.254 bits per heavy atom. The largest absolute Gasteiger partial charge is 0.309 e. The summed E-state index contributed by atoms with van der Waals surface area (Å²) in [6, 6.07) is 77.3. The lowest BCUT2D eigenvalue weighted by Gasteiger charge is -2.14. The molecule has 4 heterocycles. The van der Waals surface area contributed by atoms with Gasteiger partial charge in [-0.2, -0.15) is 9.97 Å². The summed E-state index contributed by atoms with van der Waals surface area (Å²) in [6.45, 7) is 0. The van der Waals surface area contributed by atoms with Crippen molar-refractivity contribution in [2.75, 3.05) is 0 Å². The van der Waals surface area contributed by atoms with Gasteiger partial charge in [-0.3, -0.25) is 4.57 Å². The van der Waals surface area contributed by atoms with Crippen molar-refractivity contribution in [3.05, 3.63) is 218 Å². The molecule has 0 fully saturated rings. The number of para-hydroxylation sites is 4. The first-order chi connectivity index (χ1) is 31.3. The molecule has 0 N–H and O–H groups in total. The Kier molecular flexibility index (Phi) is 7.80. The monoisotopic (exact) mass is 804 g/mol. The Balaban J connectivity index is 1.13. The molecule has 6 nitrogen and oxygen atoms in total. The number of hydrogen-bond donors (Lipinski definition) is 0. The lowest BCUT2D eigenvalue weighted by atomic mass is 10.0. The normalized spacial score (nSPS) is 11.8. The molecular formula is C57H36N6. The van der Waals surface area contributed by atoms with Crippen molar-refractivity contribution >= 4 is 65.4 Å². The molecule has 6 heteroatoms. The number of benzene rings is 9. The molecule has 0 aliphatic rings. The van der Waals surface area contributed by atoms with Crippen LogP contribution in [0.25, 0.3) is 117 Å². The van der Waals surface area contributed by atoms with E-state index in [1.54, 1.807) is 0 Å². The van der Waals surface area contributed by atoms with Crippen LogP contribution < -0.4 is 0 Å². The van der Waals surface area contributed by atoms with Gasteiger partial charge in [0.1, 0.15) is 0 Å². The maximum absolute atomic E-state index is 5.41. The fourth-order valence-corrected chi connectivity index (χ4v) is 9.71. The van der Waals surface area contributed by atoms with E-state index in [-0.39, 0.29) is 0 Å². The Hall–Kier alpha value is -8.61. The first-order valence-corrected chi connectivity index (χ1v) is 21.3. The van der Waals surface area contributed by atoms with Crippen LogP contribution in [0.3, 0.4) is 0 Å². The summed E-state index contributed by atoms with van der Waals surface area (Å²) in [6.07, 6.45) is 0. The van der Waals surface area contributed by atoms with Crippen molar-refractivity contribution in [2.24, 2.45) is 0 Å². The summed E-state index contributed by atoms with van der Waals surface area (Å²) in [5.41, 5.74) is 12.9. The van der Waals surface area contributed by atoms with E-state index in [0.717, 1.165) is 77.4 Å². The smallest absolute Gasteiger partial charge is 0.238 e. The van der Waals surface area contributed by atoms with E-state index in [2.05, 4.69) is 208 Å². The highest BCUT2D eigenvalue weighted by Gasteiger charge is 2.24. The molecule has 13 aromatic rings. The van der Waals surface area contributed by atoms with Crippen LogP contribution in [0.5, 0.6) is 0 Å². The van der Waals surface area contributed by atoms with Gasteiger partial charge in [-0.25, -0.2) is 4.98 Å². The van der Waals surface area contributed by atoms with E-state index in [4.69, 9.17) is 15.0 Å². The molecule has 13 rings (SSSR count). The van der Waals surface area contributed by atoms with Crippen molar-refractivity contribution in [1.29, 1.82) is 0 Å². The third kappa shape index (κ3) is 5.48. The molecule has 0 radical (unpaired) electrons. The van der Waals surface area contributed by atoms with Crippen LogP contribution in [0.2, 0.25) is 0 Å². The standard InChI is InChI=1S/C57H36N6/c1-4-17-37(18-5-1)39-21-16-22-40(35-39)56-58-55(38-19-6-2-7-20-38)59-57(60-56)63-51-30-15-11-26-44(51)47-33-32-46-43-25-10-14-29-50(43)62(53(46)54(47)63)42-31-34-52-48(36-42)45-27-12-13-28-49(45)61(52)41-23-8-3-9-24-41/h1-36H. The van der Waals surface area contributed by atoms with Crippen LogP contribution in [0.15, 0.2) is 218 Å². The molecule has 63 heavy (non-hydrogen) atoms. The molecule has 294 valence electrons. The molecule has 4 aromatic heterocycles. The number of hydrogen-bond acceptors (Lipinski definition) is 3. The Labute approximate surface area is 362 Å². The zero-order chi connectivity index (χ0) is 41.4. The average molecular weight is 805 g/mol. The van der Waals surface area contributed by atoms with Gasteiger partial charge in [0.15, 0.2) is 11.6 Å². The fraction of sp³-hybridized carbons (Fsp3) is 0. The van der Waals surface area contributed by atoms with E-state index in [1.807, 2.05) is 24.3 Å². The third-order valence-corrected chi connectivity index (χ3v) is 12.5. The van der Waals surface area contributed by atoms with Gasteiger partial charge in [-0.15, -0.1) is 0 Å². The Morgan fingerprint density at radius 2 is 0.730 bits per heavy atom. The third-order valence-electron chi connectivity index (χ3n) is 12.5. The maximum atomic E-state index is 5.41. The van der Waals surface area contributed by atoms with Crippen molar-refractivity contribution < 1.29 is 0 Å². The average Bonchev–Trinajstić information content (AvgIpc) is 4.00. The second-order valence-electron chi connectivity index (χ2n) is 16.0. The first kappa shape index (κ1) is 35.2. The minimum atomic E-state index is 0.556. The topological polar surface area (TPSA) is 53.5 Å². The second-order valence-corrected chi connectivity index (χ2v) is 16.0. The number of rotatable bonds is 6. The molecule has 0 aliphatic carbocycles. The van der Waals surface area contributed by atoms with Gasteiger partial charge in [0.2, 0.25) is 5.95 Å². The van der Waals surface area contributed by atoms with Gasteiger partial charge in [0.25, 0.3) is 0 Å². The molecule has 0 bridgehead atoms. The minimum Gasteiger partial charge on any atom is -0.309 e. The van der Waals surface area contributed by atoms with Crippen LogP contribution in [-0.4, -0.2) is 28.7 Å². The van der Waals surface area contributed by atoms with Gasteiger partial charge in [-0.1, -0.05) is 164 Å². The van der Waals surface area contributed by atoms with E-state index >= 15 is 0 Å². The summed E-state index contributed by atoms with van der Waals surface area (Å²) >= 11 is 0. The summed E-state index contributed by atoms with van der Waals surface area (Å²) < 4.78 is 7.08. The summed E-state index contributed by atoms with van der Waals surface area (Å²) in [5.74, 6) is 1.77. The predicted octanol–water partition coefficient (Wildman–Crippen LogP) is 14.2. The molecular weight excluding hydrogens is 769 g/mol. The van der Waals surface area contributed by atoms with Gasteiger partial charge in [0.05, 0.1) is 33.1 Å². The van der Waals surface area contributed by atoms with Crippen molar-refractivity contribution in [1.82, 2.24) is 28.7 Å². The highest BCUT2D eigenvalue weighted by Crippen LogP contribution is 2.43. The molecule has 0 saturated heterocycles. The van der Waals surface area contributed by atoms with Gasteiger partial charge in [0, 0.05) is 54.8 Å². The number of aromatic nitrogens is 6.